The van der Waals surface area contributed by atoms with Gasteiger partial charge in [-0.1, -0.05) is 6.92 Å². The van der Waals surface area contributed by atoms with Gasteiger partial charge >= 0.3 is 5.97 Å². The van der Waals surface area contributed by atoms with Crippen LogP contribution in [-0.4, -0.2) is 67.1 Å². The summed E-state index contributed by atoms with van der Waals surface area (Å²) in [6, 6.07) is 5.00. The van der Waals surface area contributed by atoms with Gasteiger partial charge in [0.25, 0.3) is 0 Å². The number of carbonyl (C=O) groups is 3. The van der Waals surface area contributed by atoms with Crippen molar-refractivity contribution in [1.29, 1.82) is 0 Å². The summed E-state index contributed by atoms with van der Waals surface area (Å²) in [6.45, 7) is 7.31. The molecule has 1 aliphatic rings. The molecule has 26 heavy (non-hydrogen) atoms. The molecule has 0 saturated carbocycles. The molecule has 0 aliphatic carbocycles. The van der Waals surface area contributed by atoms with Crippen LogP contribution in [0.4, 0.5) is 11.4 Å². The number of hydrogen-bond acceptors (Lipinski definition) is 5. The number of carboxylic acids is 1. The SMILES string of the molecule is CCCNC(=O)CN1CCN(c2ccc(NC(C)=O)c(C(=O)O)c2)CC1. The topological polar surface area (TPSA) is 102 Å². The minimum Gasteiger partial charge on any atom is -0.478 e. The number of nitrogens with one attached hydrogen (secondary N) is 2. The molecule has 1 fully saturated rings. The highest BCUT2D eigenvalue weighted by Gasteiger charge is 2.21. The Labute approximate surface area is 153 Å². The maximum atomic E-state index is 11.8. The fourth-order valence-electron chi connectivity index (χ4n) is 2.89. The van der Waals surface area contributed by atoms with Crippen LogP contribution in [0.3, 0.4) is 0 Å². The molecule has 0 aromatic heterocycles. The third kappa shape index (κ3) is 5.45. The summed E-state index contributed by atoms with van der Waals surface area (Å²) < 4.78 is 0. The highest BCUT2D eigenvalue weighted by Crippen LogP contribution is 2.24. The van der Waals surface area contributed by atoms with E-state index in [0.717, 1.165) is 25.2 Å². The first-order chi connectivity index (χ1) is 12.4. The number of anilines is 2. The van der Waals surface area contributed by atoms with E-state index in [1.165, 1.54) is 6.92 Å². The van der Waals surface area contributed by atoms with Crippen molar-refractivity contribution in [1.82, 2.24) is 10.2 Å². The summed E-state index contributed by atoms with van der Waals surface area (Å²) in [7, 11) is 0. The van der Waals surface area contributed by atoms with E-state index >= 15 is 0 Å². The lowest BCUT2D eigenvalue weighted by Gasteiger charge is -2.36. The third-order valence-corrected chi connectivity index (χ3v) is 4.22. The molecule has 1 heterocycles. The van der Waals surface area contributed by atoms with Crippen molar-refractivity contribution < 1.29 is 19.5 Å². The van der Waals surface area contributed by atoms with E-state index in [-0.39, 0.29) is 17.4 Å². The Morgan fingerprint density at radius 2 is 1.85 bits per heavy atom. The second-order valence-corrected chi connectivity index (χ2v) is 6.33. The molecule has 2 amide bonds. The van der Waals surface area contributed by atoms with Crippen LogP contribution in [0.15, 0.2) is 18.2 Å². The molecule has 0 radical (unpaired) electrons. The van der Waals surface area contributed by atoms with Crippen LogP contribution in [-0.2, 0) is 9.59 Å². The molecule has 0 unspecified atom stereocenters. The summed E-state index contributed by atoms with van der Waals surface area (Å²) in [6.07, 6.45) is 0.917. The fourth-order valence-corrected chi connectivity index (χ4v) is 2.89. The van der Waals surface area contributed by atoms with Gasteiger partial charge in [-0.25, -0.2) is 4.79 Å². The predicted octanol–water partition coefficient (Wildman–Crippen LogP) is 0.991. The zero-order valence-corrected chi connectivity index (χ0v) is 15.2. The van der Waals surface area contributed by atoms with E-state index in [9.17, 15) is 19.5 Å². The van der Waals surface area contributed by atoms with E-state index in [0.29, 0.717) is 31.9 Å². The van der Waals surface area contributed by atoms with Crippen molar-refractivity contribution >= 4 is 29.2 Å². The van der Waals surface area contributed by atoms with Crippen molar-refractivity contribution in [3.05, 3.63) is 23.8 Å². The number of piperazine rings is 1. The first-order valence-electron chi connectivity index (χ1n) is 8.79. The van der Waals surface area contributed by atoms with Crippen LogP contribution in [0.25, 0.3) is 0 Å². The number of carbonyl (C=O) groups excluding carboxylic acids is 2. The quantitative estimate of drug-likeness (QED) is 0.669. The van der Waals surface area contributed by atoms with Crippen LogP contribution in [0.1, 0.15) is 30.6 Å². The third-order valence-electron chi connectivity index (χ3n) is 4.22. The van der Waals surface area contributed by atoms with Gasteiger partial charge in [0.15, 0.2) is 0 Å². The van der Waals surface area contributed by atoms with Gasteiger partial charge in [-0.05, 0) is 24.6 Å². The number of nitrogens with zero attached hydrogens (tertiary/aromatic N) is 2. The van der Waals surface area contributed by atoms with Gasteiger partial charge < -0.3 is 20.6 Å². The highest BCUT2D eigenvalue weighted by molar-refractivity contribution is 6.00. The van der Waals surface area contributed by atoms with Crippen molar-refractivity contribution in [3.8, 4) is 0 Å². The number of amides is 2. The molecule has 3 N–H and O–H groups in total. The Hall–Kier alpha value is -2.61. The molecule has 8 nitrogen and oxygen atoms in total. The largest absolute Gasteiger partial charge is 0.478 e. The second-order valence-electron chi connectivity index (χ2n) is 6.33. The second kappa shape index (κ2) is 9.19. The Balaban J connectivity index is 1.98. The smallest absolute Gasteiger partial charge is 0.337 e. The zero-order chi connectivity index (χ0) is 19.1. The van der Waals surface area contributed by atoms with Crippen molar-refractivity contribution in [2.24, 2.45) is 0 Å². The maximum absolute atomic E-state index is 11.8. The lowest BCUT2D eigenvalue weighted by Crippen LogP contribution is -2.49. The monoisotopic (exact) mass is 362 g/mol. The van der Waals surface area contributed by atoms with Crippen LogP contribution < -0.4 is 15.5 Å². The Bertz CT molecular complexity index is 669. The van der Waals surface area contributed by atoms with Gasteiger partial charge in [0.05, 0.1) is 17.8 Å². The maximum Gasteiger partial charge on any atom is 0.337 e. The molecule has 0 bridgehead atoms. The summed E-state index contributed by atoms with van der Waals surface area (Å²) >= 11 is 0. The summed E-state index contributed by atoms with van der Waals surface area (Å²) in [5, 5.41) is 14.8. The van der Waals surface area contributed by atoms with Gasteiger partial charge in [0.1, 0.15) is 0 Å². The first kappa shape index (κ1) is 19.7. The number of hydrogen-bond donors (Lipinski definition) is 3. The summed E-state index contributed by atoms with van der Waals surface area (Å²) in [5.41, 5.74) is 1.16. The Morgan fingerprint density at radius 1 is 1.15 bits per heavy atom. The molecule has 8 heteroatoms. The number of rotatable bonds is 7. The van der Waals surface area contributed by atoms with E-state index in [2.05, 4.69) is 20.4 Å². The molecule has 1 aliphatic heterocycles. The Kier molecular flexibility index (Phi) is 6.97. The van der Waals surface area contributed by atoms with Gasteiger partial charge in [0, 0.05) is 45.3 Å². The minimum atomic E-state index is -1.08. The van der Waals surface area contributed by atoms with E-state index < -0.39 is 5.97 Å². The fraction of sp³-hybridized carbons (Fsp3) is 0.500. The van der Waals surface area contributed by atoms with Gasteiger partial charge in [-0.3, -0.25) is 14.5 Å². The number of aromatic carboxylic acids is 1. The van der Waals surface area contributed by atoms with Gasteiger partial charge in [-0.2, -0.15) is 0 Å². The molecule has 0 atom stereocenters. The normalized spacial score (nSPS) is 14.8. The average Bonchev–Trinajstić information content (AvgIpc) is 2.60. The number of carboxylic acid groups (broad SMARTS) is 1. The highest BCUT2D eigenvalue weighted by atomic mass is 16.4. The van der Waals surface area contributed by atoms with Crippen molar-refractivity contribution in [3.63, 3.8) is 0 Å². The molecule has 2 rings (SSSR count). The lowest BCUT2D eigenvalue weighted by molar-refractivity contribution is -0.122. The average molecular weight is 362 g/mol. The van der Waals surface area contributed by atoms with Crippen LogP contribution in [0.5, 0.6) is 0 Å². The minimum absolute atomic E-state index is 0.0353. The molecule has 142 valence electrons. The predicted molar refractivity (Wildman–Crippen MR) is 99.7 cm³/mol. The van der Waals surface area contributed by atoms with E-state index in [1.807, 2.05) is 6.92 Å². The van der Waals surface area contributed by atoms with Crippen molar-refractivity contribution in [2.75, 3.05) is 49.5 Å². The summed E-state index contributed by atoms with van der Waals surface area (Å²) in [5.74, 6) is -1.36. The van der Waals surface area contributed by atoms with Crippen molar-refractivity contribution in [2.45, 2.75) is 20.3 Å². The summed E-state index contributed by atoms with van der Waals surface area (Å²) in [4.78, 5) is 38.7. The van der Waals surface area contributed by atoms with Crippen LogP contribution >= 0.6 is 0 Å². The van der Waals surface area contributed by atoms with Gasteiger partial charge in [0.2, 0.25) is 11.8 Å². The van der Waals surface area contributed by atoms with E-state index in [1.54, 1.807) is 18.2 Å². The Morgan fingerprint density at radius 3 is 2.42 bits per heavy atom. The zero-order valence-electron chi connectivity index (χ0n) is 15.2. The number of benzene rings is 1. The molecule has 1 aromatic carbocycles. The molecule has 1 aromatic rings. The lowest BCUT2D eigenvalue weighted by atomic mass is 10.1. The molecular formula is C18H26N4O4. The van der Waals surface area contributed by atoms with Gasteiger partial charge in [-0.15, -0.1) is 0 Å². The molecule has 1 saturated heterocycles. The standard InChI is InChI=1S/C18H26N4O4/c1-3-6-19-17(24)12-21-7-9-22(10-8-21)14-4-5-16(20-13(2)23)15(11-14)18(25)26/h4-5,11H,3,6-10,12H2,1-2H3,(H,19,24)(H,20,23)(H,25,26). The first-order valence-corrected chi connectivity index (χ1v) is 8.79. The molecular weight excluding hydrogens is 336 g/mol. The van der Waals surface area contributed by atoms with Crippen LogP contribution in [0, 0.1) is 0 Å². The van der Waals surface area contributed by atoms with E-state index in [4.69, 9.17) is 0 Å². The van der Waals surface area contributed by atoms with Crippen LogP contribution in [0.2, 0.25) is 0 Å². The molecule has 0 spiro atoms.